The van der Waals surface area contributed by atoms with E-state index in [4.69, 9.17) is 4.74 Å². The van der Waals surface area contributed by atoms with E-state index in [0.717, 1.165) is 24.4 Å². The molecule has 20 heavy (non-hydrogen) atoms. The SMILES string of the molecule is CCCNCc1cc(F)ccc1OCc1nccn1C. The molecule has 0 atom stereocenters. The summed E-state index contributed by atoms with van der Waals surface area (Å²) in [6, 6.07) is 4.59. The zero-order chi connectivity index (χ0) is 14.4. The number of nitrogens with zero attached hydrogens (tertiary/aromatic N) is 2. The molecular formula is C15H20FN3O. The second kappa shape index (κ2) is 7.05. The highest BCUT2D eigenvalue weighted by atomic mass is 19.1. The lowest BCUT2D eigenvalue weighted by Gasteiger charge is -2.12. The summed E-state index contributed by atoms with van der Waals surface area (Å²) in [6.07, 6.45) is 4.64. The predicted molar refractivity (Wildman–Crippen MR) is 75.9 cm³/mol. The number of nitrogens with one attached hydrogen (secondary N) is 1. The first-order chi connectivity index (χ1) is 9.70. The van der Waals surface area contributed by atoms with Crippen LogP contribution in [0, 0.1) is 5.82 Å². The van der Waals surface area contributed by atoms with E-state index < -0.39 is 0 Å². The molecule has 0 aliphatic heterocycles. The molecule has 2 rings (SSSR count). The minimum Gasteiger partial charge on any atom is -0.485 e. The van der Waals surface area contributed by atoms with Crippen LogP contribution >= 0.6 is 0 Å². The van der Waals surface area contributed by atoms with Gasteiger partial charge in [0, 0.05) is 31.5 Å². The van der Waals surface area contributed by atoms with E-state index in [0.29, 0.717) is 18.9 Å². The largest absolute Gasteiger partial charge is 0.485 e. The number of hydrogen-bond acceptors (Lipinski definition) is 3. The van der Waals surface area contributed by atoms with Crippen LogP contribution in [0.1, 0.15) is 24.7 Å². The monoisotopic (exact) mass is 277 g/mol. The molecule has 1 aromatic heterocycles. The third-order valence-electron chi connectivity index (χ3n) is 3.04. The van der Waals surface area contributed by atoms with E-state index >= 15 is 0 Å². The fourth-order valence-corrected chi connectivity index (χ4v) is 1.90. The van der Waals surface area contributed by atoms with Gasteiger partial charge in [-0.25, -0.2) is 9.37 Å². The first-order valence-electron chi connectivity index (χ1n) is 6.79. The van der Waals surface area contributed by atoms with Gasteiger partial charge in [-0.3, -0.25) is 0 Å². The molecule has 1 N–H and O–H groups in total. The number of halogens is 1. The average molecular weight is 277 g/mol. The number of rotatable bonds is 7. The molecule has 5 heteroatoms. The van der Waals surface area contributed by atoms with Crippen LogP contribution in [0.5, 0.6) is 5.75 Å². The molecule has 0 bridgehead atoms. The third kappa shape index (κ3) is 3.81. The van der Waals surface area contributed by atoms with Crippen LogP contribution < -0.4 is 10.1 Å². The Morgan fingerprint density at radius 3 is 2.95 bits per heavy atom. The summed E-state index contributed by atoms with van der Waals surface area (Å²) in [6.45, 7) is 3.96. The molecule has 1 heterocycles. The van der Waals surface area contributed by atoms with Gasteiger partial charge in [0.05, 0.1) is 0 Å². The second-order valence-electron chi connectivity index (χ2n) is 4.67. The molecule has 1 aromatic carbocycles. The summed E-state index contributed by atoms with van der Waals surface area (Å²) in [5.41, 5.74) is 0.827. The van der Waals surface area contributed by atoms with Gasteiger partial charge in [0.25, 0.3) is 0 Å². The van der Waals surface area contributed by atoms with Gasteiger partial charge in [-0.1, -0.05) is 6.92 Å². The molecule has 0 saturated heterocycles. The van der Waals surface area contributed by atoms with E-state index in [1.807, 2.05) is 17.8 Å². The van der Waals surface area contributed by atoms with E-state index in [1.54, 1.807) is 12.3 Å². The van der Waals surface area contributed by atoms with Crippen LogP contribution in [0.2, 0.25) is 0 Å². The number of benzene rings is 1. The first-order valence-corrected chi connectivity index (χ1v) is 6.79. The fourth-order valence-electron chi connectivity index (χ4n) is 1.90. The summed E-state index contributed by atoms with van der Waals surface area (Å²) < 4.78 is 21.0. The Hall–Kier alpha value is -1.88. The first kappa shape index (κ1) is 14.5. The highest BCUT2D eigenvalue weighted by Gasteiger charge is 2.07. The van der Waals surface area contributed by atoms with Gasteiger partial charge in [0.1, 0.15) is 24.0 Å². The average Bonchev–Trinajstić information content (AvgIpc) is 2.84. The Kier molecular flexibility index (Phi) is 5.12. The molecule has 4 nitrogen and oxygen atoms in total. The molecule has 2 aromatic rings. The highest BCUT2D eigenvalue weighted by molar-refractivity contribution is 5.34. The Bertz CT molecular complexity index is 554. The maximum Gasteiger partial charge on any atom is 0.146 e. The quantitative estimate of drug-likeness (QED) is 0.791. The minimum atomic E-state index is -0.248. The van der Waals surface area contributed by atoms with E-state index in [9.17, 15) is 4.39 Å². The number of ether oxygens (including phenoxy) is 1. The number of aryl methyl sites for hydroxylation is 1. The van der Waals surface area contributed by atoms with Crippen molar-refractivity contribution in [2.75, 3.05) is 6.54 Å². The van der Waals surface area contributed by atoms with Crippen molar-refractivity contribution in [2.24, 2.45) is 7.05 Å². The van der Waals surface area contributed by atoms with Crippen molar-refractivity contribution < 1.29 is 9.13 Å². The molecule has 0 aliphatic rings. The molecule has 108 valence electrons. The van der Waals surface area contributed by atoms with Crippen LogP contribution in [0.4, 0.5) is 4.39 Å². The summed E-state index contributed by atoms with van der Waals surface area (Å²) in [5.74, 6) is 1.28. The lowest BCUT2D eigenvalue weighted by atomic mass is 10.2. The van der Waals surface area contributed by atoms with Crippen LogP contribution in [0.15, 0.2) is 30.6 Å². The maximum atomic E-state index is 13.3. The van der Waals surface area contributed by atoms with E-state index in [1.165, 1.54) is 12.1 Å². The summed E-state index contributed by atoms with van der Waals surface area (Å²) in [4.78, 5) is 4.20. The van der Waals surface area contributed by atoms with Gasteiger partial charge < -0.3 is 14.6 Å². The van der Waals surface area contributed by atoms with Crippen molar-refractivity contribution in [2.45, 2.75) is 26.5 Å². The Balaban J connectivity index is 2.04. The summed E-state index contributed by atoms with van der Waals surface area (Å²) in [7, 11) is 1.92. The van der Waals surface area contributed by atoms with Gasteiger partial charge in [-0.15, -0.1) is 0 Å². The Labute approximate surface area is 118 Å². The van der Waals surface area contributed by atoms with Crippen LogP contribution in [0.25, 0.3) is 0 Å². The topological polar surface area (TPSA) is 39.1 Å². The summed E-state index contributed by atoms with van der Waals surface area (Å²) >= 11 is 0. The van der Waals surface area contributed by atoms with E-state index in [2.05, 4.69) is 17.2 Å². The van der Waals surface area contributed by atoms with Crippen LogP contribution in [-0.4, -0.2) is 16.1 Å². The Morgan fingerprint density at radius 2 is 2.25 bits per heavy atom. The zero-order valence-corrected chi connectivity index (χ0v) is 11.9. The molecule has 0 aliphatic carbocycles. The van der Waals surface area contributed by atoms with Gasteiger partial charge in [0.15, 0.2) is 0 Å². The summed E-state index contributed by atoms with van der Waals surface area (Å²) in [5, 5.41) is 3.26. The maximum absolute atomic E-state index is 13.3. The zero-order valence-electron chi connectivity index (χ0n) is 11.9. The highest BCUT2D eigenvalue weighted by Crippen LogP contribution is 2.20. The minimum absolute atomic E-state index is 0.248. The van der Waals surface area contributed by atoms with Crippen LogP contribution in [0.3, 0.4) is 0 Å². The van der Waals surface area contributed by atoms with Crippen molar-refractivity contribution in [3.8, 4) is 5.75 Å². The van der Waals surface area contributed by atoms with Crippen molar-refractivity contribution in [3.63, 3.8) is 0 Å². The van der Waals surface area contributed by atoms with E-state index in [-0.39, 0.29) is 5.82 Å². The smallest absolute Gasteiger partial charge is 0.146 e. The molecule has 0 radical (unpaired) electrons. The fraction of sp³-hybridized carbons (Fsp3) is 0.400. The standard InChI is InChI=1S/C15H20FN3O/c1-3-6-17-10-12-9-13(16)4-5-14(12)20-11-15-18-7-8-19(15)2/h4-5,7-9,17H,3,6,10-11H2,1-2H3. The van der Waals surface area contributed by atoms with Crippen molar-refractivity contribution in [1.82, 2.24) is 14.9 Å². The number of imidazole rings is 1. The van der Waals surface area contributed by atoms with Crippen molar-refractivity contribution in [1.29, 1.82) is 0 Å². The third-order valence-corrected chi connectivity index (χ3v) is 3.04. The molecule has 0 saturated carbocycles. The van der Waals surface area contributed by atoms with Gasteiger partial charge in [-0.2, -0.15) is 0 Å². The predicted octanol–water partition coefficient (Wildman–Crippen LogP) is 2.64. The number of aromatic nitrogens is 2. The van der Waals surface area contributed by atoms with Gasteiger partial charge >= 0.3 is 0 Å². The normalized spacial score (nSPS) is 10.8. The molecular weight excluding hydrogens is 257 g/mol. The lowest BCUT2D eigenvalue weighted by molar-refractivity contribution is 0.287. The van der Waals surface area contributed by atoms with Gasteiger partial charge in [0.2, 0.25) is 0 Å². The molecule has 0 unspecified atom stereocenters. The molecule has 0 amide bonds. The van der Waals surface area contributed by atoms with Crippen LogP contribution in [-0.2, 0) is 20.2 Å². The molecule has 0 spiro atoms. The van der Waals surface area contributed by atoms with Gasteiger partial charge in [-0.05, 0) is 31.2 Å². The lowest BCUT2D eigenvalue weighted by Crippen LogP contribution is -2.15. The van der Waals surface area contributed by atoms with Crippen molar-refractivity contribution >= 4 is 0 Å². The Morgan fingerprint density at radius 1 is 1.40 bits per heavy atom. The van der Waals surface area contributed by atoms with Crippen molar-refractivity contribution in [3.05, 3.63) is 47.8 Å². The second-order valence-corrected chi connectivity index (χ2v) is 4.67. The number of hydrogen-bond donors (Lipinski definition) is 1. The molecule has 0 fully saturated rings.